The standard InChI is InChI=1S/C28H38BrN3O4S/c1-20(2)25-12-8-9-13-26(25)32(37(4,35)36)19-27(33)31(18-22-14-16-23(29)17-15-22)21(3)28(34)30-24-10-6-5-7-11-24/h8-9,12-17,20-21,24H,5-7,10-11,18-19H2,1-4H3,(H,30,34)/t21-/m0/s1. The number of para-hydroxylation sites is 1. The number of carbonyl (C=O) groups is 2. The number of nitrogens with one attached hydrogen (secondary N) is 1. The van der Waals surface area contributed by atoms with Crippen molar-refractivity contribution in [2.45, 2.75) is 77.4 Å². The van der Waals surface area contributed by atoms with Crippen molar-refractivity contribution < 1.29 is 18.0 Å². The van der Waals surface area contributed by atoms with E-state index in [0.29, 0.717) is 5.69 Å². The smallest absolute Gasteiger partial charge is 0.244 e. The molecule has 3 rings (SSSR count). The molecule has 1 atom stereocenters. The maximum atomic E-state index is 13.8. The van der Waals surface area contributed by atoms with E-state index in [4.69, 9.17) is 0 Å². The summed E-state index contributed by atoms with van der Waals surface area (Å²) in [6.45, 7) is 5.48. The number of sulfonamides is 1. The molecule has 37 heavy (non-hydrogen) atoms. The molecular formula is C28H38BrN3O4S. The highest BCUT2D eigenvalue weighted by atomic mass is 79.9. The van der Waals surface area contributed by atoms with Gasteiger partial charge >= 0.3 is 0 Å². The molecule has 9 heteroatoms. The molecule has 2 amide bonds. The van der Waals surface area contributed by atoms with Gasteiger partial charge in [0, 0.05) is 17.1 Å². The molecule has 1 saturated carbocycles. The molecular weight excluding hydrogens is 554 g/mol. The van der Waals surface area contributed by atoms with Crippen LogP contribution in [0.4, 0.5) is 5.69 Å². The van der Waals surface area contributed by atoms with E-state index >= 15 is 0 Å². The molecule has 0 saturated heterocycles. The average molecular weight is 593 g/mol. The Labute approximate surface area is 229 Å². The van der Waals surface area contributed by atoms with Gasteiger partial charge in [0.2, 0.25) is 21.8 Å². The van der Waals surface area contributed by atoms with Gasteiger partial charge in [0.15, 0.2) is 0 Å². The molecule has 0 radical (unpaired) electrons. The van der Waals surface area contributed by atoms with Gasteiger partial charge in [0.05, 0.1) is 11.9 Å². The highest BCUT2D eigenvalue weighted by Crippen LogP contribution is 2.29. The van der Waals surface area contributed by atoms with Crippen molar-refractivity contribution in [1.82, 2.24) is 10.2 Å². The van der Waals surface area contributed by atoms with Crippen LogP contribution in [0.3, 0.4) is 0 Å². The first-order valence-corrected chi connectivity index (χ1v) is 15.5. The van der Waals surface area contributed by atoms with E-state index in [-0.39, 0.29) is 31.0 Å². The van der Waals surface area contributed by atoms with Crippen LogP contribution in [-0.4, -0.2) is 50.0 Å². The van der Waals surface area contributed by atoms with E-state index in [0.717, 1.165) is 51.8 Å². The number of rotatable bonds is 10. The van der Waals surface area contributed by atoms with Gasteiger partial charge in [-0.3, -0.25) is 13.9 Å². The minimum Gasteiger partial charge on any atom is -0.352 e. The molecule has 1 fully saturated rings. The van der Waals surface area contributed by atoms with Crippen molar-refractivity contribution in [3.05, 3.63) is 64.1 Å². The molecule has 202 valence electrons. The maximum absolute atomic E-state index is 13.8. The third-order valence-electron chi connectivity index (χ3n) is 6.89. The Bertz CT molecular complexity index is 1180. The Balaban J connectivity index is 1.91. The molecule has 0 bridgehead atoms. The minimum absolute atomic E-state index is 0.0645. The summed E-state index contributed by atoms with van der Waals surface area (Å²) in [6.07, 6.45) is 6.32. The Kier molecular flexibility index (Phi) is 10.2. The molecule has 0 aromatic heterocycles. The molecule has 7 nitrogen and oxygen atoms in total. The van der Waals surface area contributed by atoms with Crippen LogP contribution in [0, 0.1) is 0 Å². The van der Waals surface area contributed by atoms with E-state index < -0.39 is 22.0 Å². The lowest BCUT2D eigenvalue weighted by molar-refractivity contribution is -0.139. The van der Waals surface area contributed by atoms with Gasteiger partial charge in [-0.25, -0.2) is 8.42 Å². The Morgan fingerprint density at radius 2 is 1.62 bits per heavy atom. The highest BCUT2D eigenvalue weighted by molar-refractivity contribution is 9.10. The number of nitrogens with zero attached hydrogens (tertiary/aromatic N) is 2. The van der Waals surface area contributed by atoms with Gasteiger partial charge in [-0.2, -0.15) is 0 Å². The zero-order valence-electron chi connectivity index (χ0n) is 22.1. The fourth-order valence-corrected chi connectivity index (χ4v) is 5.87. The van der Waals surface area contributed by atoms with Gasteiger partial charge in [0.25, 0.3) is 0 Å². The Morgan fingerprint density at radius 3 is 2.22 bits per heavy atom. The fraction of sp³-hybridized carbons (Fsp3) is 0.500. The first kappa shape index (κ1) is 29.2. The molecule has 0 unspecified atom stereocenters. The van der Waals surface area contributed by atoms with Crippen molar-refractivity contribution in [3.8, 4) is 0 Å². The zero-order chi connectivity index (χ0) is 27.2. The second-order valence-electron chi connectivity index (χ2n) is 10.2. The van der Waals surface area contributed by atoms with Gasteiger partial charge in [0.1, 0.15) is 12.6 Å². The summed E-state index contributed by atoms with van der Waals surface area (Å²) in [5.74, 6) is -0.585. The molecule has 0 spiro atoms. The summed E-state index contributed by atoms with van der Waals surface area (Å²) < 4.78 is 27.9. The third kappa shape index (κ3) is 8.04. The molecule has 0 aliphatic heterocycles. The highest BCUT2D eigenvalue weighted by Gasteiger charge is 2.32. The first-order chi connectivity index (χ1) is 17.5. The van der Waals surface area contributed by atoms with E-state index in [9.17, 15) is 18.0 Å². The number of hydrogen-bond acceptors (Lipinski definition) is 4. The second kappa shape index (κ2) is 12.9. The Morgan fingerprint density at radius 1 is 1.00 bits per heavy atom. The number of halogens is 1. The van der Waals surface area contributed by atoms with Gasteiger partial charge in [-0.05, 0) is 55.0 Å². The summed E-state index contributed by atoms with van der Waals surface area (Å²) in [7, 11) is -3.77. The summed E-state index contributed by atoms with van der Waals surface area (Å²) in [4.78, 5) is 28.5. The number of anilines is 1. The van der Waals surface area contributed by atoms with E-state index in [1.54, 1.807) is 19.1 Å². The molecule has 2 aromatic carbocycles. The average Bonchev–Trinajstić information content (AvgIpc) is 2.86. The van der Waals surface area contributed by atoms with Crippen LogP contribution in [-0.2, 0) is 26.2 Å². The Hall–Kier alpha value is -2.39. The lowest BCUT2D eigenvalue weighted by Crippen LogP contribution is -2.53. The predicted molar refractivity (Wildman–Crippen MR) is 152 cm³/mol. The van der Waals surface area contributed by atoms with Gasteiger partial charge in [-0.1, -0.05) is 79.4 Å². The predicted octanol–water partition coefficient (Wildman–Crippen LogP) is 5.20. The van der Waals surface area contributed by atoms with Crippen LogP contribution >= 0.6 is 15.9 Å². The lowest BCUT2D eigenvalue weighted by atomic mass is 9.95. The molecule has 0 heterocycles. The number of benzene rings is 2. The SMILES string of the molecule is CC(C)c1ccccc1N(CC(=O)N(Cc1ccc(Br)cc1)[C@@H](C)C(=O)NC1CCCCC1)S(C)(=O)=O. The largest absolute Gasteiger partial charge is 0.352 e. The number of carbonyl (C=O) groups excluding carboxylic acids is 2. The summed E-state index contributed by atoms with van der Waals surface area (Å²) in [5, 5.41) is 3.12. The zero-order valence-corrected chi connectivity index (χ0v) is 24.5. The first-order valence-electron chi connectivity index (χ1n) is 12.9. The number of hydrogen-bond donors (Lipinski definition) is 1. The van der Waals surface area contributed by atoms with Crippen molar-refractivity contribution in [1.29, 1.82) is 0 Å². The third-order valence-corrected chi connectivity index (χ3v) is 8.55. The lowest BCUT2D eigenvalue weighted by Gasteiger charge is -2.33. The van der Waals surface area contributed by atoms with Crippen molar-refractivity contribution in [3.63, 3.8) is 0 Å². The summed E-state index contributed by atoms with van der Waals surface area (Å²) >= 11 is 3.43. The number of amides is 2. The summed E-state index contributed by atoms with van der Waals surface area (Å²) in [5.41, 5.74) is 2.17. The van der Waals surface area contributed by atoms with Crippen LogP contribution < -0.4 is 9.62 Å². The van der Waals surface area contributed by atoms with Crippen molar-refractivity contribution >= 4 is 43.5 Å². The van der Waals surface area contributed by atoms with E-state index in [1.807, 2.05) is 50.2 Å². The molecule has 2 aromatic rings. The van der Waals surface area contributed by atoms with Crippen LogP contribution in [0.25, 0.3) is 0 Å². The fourth-order valence-electron chi connectivity index (χ4n) is 4.74. The van der Waals surface area contributed by atoms with Crippen LogP contribution in [0.2, 0.25) is 0 Å². The van der Waals surface area contributed by atoms with Crippen molar-refractivity contribution in [2.24, 2.45) is 0 Å². The van der Waals surface area contributed by atoms with Gasteiger partial charge < -0.3 is 10.2 Å². The monoisotopic (exact) mass is 591 g/mol. The topological polar surface area (TPSA) is 86.8 Å². The molecule has 1 aliphatic rings. The normalized spacial score (nSPS) is 15.3. The van der Waals surface area contributed by atoms with Crippen LogP contribution in [0.5, 0.6) is 0 Å². The molecule has 1 N–H and O–H groups in total. The maximum Gasteiger partial charge on any atom is 0.244 e. The van der Waals surface area contributed by atoms with Crippen LogP contribution in [0.1, 0.15) is 69.9 Å². The van der Waals surface area contributed by atoms with Crippen LogP contribution in [0.15, 0.2) is 53.0 Å². The molecule has 1 aliphatic carbocycles. The summed E-state index contributed by atoms with van der Waals surface area (Å²) in [6, 6.07) is 14.1. The van der Waals surface area contributed by atoms with Crippen molar-refractivity contribution in [2.75, 3.05) is 17.1 Å². The van der Waals surface area contributed by atoms with E-state index in [1.165, 1.54) is 11.3 Å². The second-order valence-corrected chi connectivity index (χ2v) is 13.0. The minimum atomic E-state index is -3.77. The van der Waals surface area contributed by atoms with E-state index in [2.05, 4.69) is 21.2 Å². The van der Waals surface area contributed by atoms with Gasteiger partial charge in [-0.15, -0.1) is 0 Å². The quantitative estimate of drug-likeness (QED) is 0.411.